The predicted octanol–water partition coefficient (Wildman–Crippen LogP) is 3.74. The highest BCUT2D eigenvalue weighted by Gasteiger charge is 2.09. The standard InChI is InChI=1S/C21H21Cl2N5O2/c1-24-21(26-10-9-25-19(29)15-7-8-17(22)18(23)11-15)27-12-16-13-30-20(28-16)14-5-3-2-4-6-14/h2-8,11,13H,9-10,12H2,1H3,(H,25,29)(H2,24,26,27). The van der Waals surface area contributed by atoms with E-state index in [0.717, 1.165) is 11.3 Å². The van der Waals surface area contributed by atoms with Crippen molar-refractivity contribution in [3.63, 3.8) is 0 Å². The molecule has 0 aliphatic rings. The van der Waals surface area contributed by atoms with Crippen LogP contribution in [0.15, 0.2) is 64.2 Å². The summed E-state index contributed by atoms with van der Waals surface area (Å²) in [5, 5.41) is 9.84. The van der Waals surface area contributed by atoms with Gasteiger partial charge >= 0.3 is 0 Å². The molecule has 0 bridgehead atoms. The molecule has 2 aromatic carbocycles. The molecule has 3 rings (SSSR count). The van der Waals surface area contributed by atoms with Crippen LogP contribution in [0.1, 0.15) is 16.1 Å². The molecular formula is C21H21Cl2N5O2. The summed E-state index contributed by atoms with van der Waals surface area (Å²) < 4.78 is 5.52. The maximum absolute atomic E-state index is 12.1. The number of oxazole rings is 1. The van der Waals surface area contributed by atoms with Crippen LogP contribution >= 0.6 is 23.2 Å². The fourth-order valence-electron chi connectivity index (χ4n) is 2.59. The normalized spacial score (nSPS) is 11.2. The van der Waals surface area contributed by atoms with Crippen molar-refractivity contribution in [1.29, 1.82) is 0 Å². The van der Waals surface area contributed by atoms with Gasteiger partial charge in [0.15, 0.2) is 5.96 Å². The summed E-state index contributed by atoms with van der Waals surface area (Å²) in [5.41, 5.74) is 2.13. The molecule has 0 atom stereocenters. The Labute approximate surface area is 184 Å². The lowest BCUT2D eigenvalue weighted by Gasteiger charge is -2.11. The Hall–Kier alpha value is -3.03. The number of benzene rings is 2. The summed E-state index contributed by atoms with van der Waals surface area (Å²) in [5.74, 6) is 0.928. The second-order valence-electron chi connectivity index (χ2n) is 6.25. The number of hydrogen-bond acceptors (Lipinski definition) is 4. The molecule has 1 aromatic heterocycles. The van der Waals surface area contributed by atoms with Crippen LogP contribution in [0.25, 0.3) is 11.5 Å². The molecule has 3 aromatic rings. The van der Waals surface area contributed by atoms with Crippen LogP contribution in [0.5, 0.6) is 0 Å². The van der Waals surface area contributed by atoms with Gasteiger partial charge in [0, 0.05) is 31.3 Å². The minimum absolute atomic E-state index is 0.227. The number of halogens is 2. The van der Waals surface area contributed by atoms with Crippen molar-refractivity contribution < 1.29 is 9.21 Å². The molecule has 0 saturated carbocycles. The largest absolute Gasteiger partial charge is 0.444 e. The van der Waals surface area contributed by atoms with Gasteiger partial charge in [-0.05, 0) is 30.3 Å². The third-order valence-corrected chi connectivity index (χ3v) is 4.86. The number of nitrogens with one attached hydrogen (secondary N) is 3. The highest BCUT2D eigenvalue weighted by Crippen LogP contribution is 2.22. The zero-order valence-corrected chi connectivity index (χ0v) is 17.8. The first-order valence-corrected chi connectivity index (χ1v) is 10.00. The Morgan fingerprint density at radius 1 is 1.03 bits per heavy atom. The topological polar surface area (TPSA) is 91.5 Å². The van der Waals surface area contributed by atoms with Crippen molar-refractivity contribution >= 4 is 35.1 Å². The highest BCUT2D eigenvalue weighted by atomic mass is 35.5. The van der Waals surface area contributed by atoms with Crippen molar-refractivity contribution in [3.05, 3.63) is 76.1 Å². The summed E-state index contributed by atoms with van der Waals surface area (Å²) in [6, 6.07) is 14.4. The van der Waals surface area contributed by atoms with E-state index in [9.17, 15) is 4.79 Å². The number of carbonyl (C=O) groups is 1. The number of guanidine groups is 1. The van der Waals surface area contributed by atoms with Gasteiger partial charge in [-0.25, -0.2) is 4.98 Å². The van der Waals surface area contributed by atoms with Crippen LogP contribution in [0, 0.1) is 0 Å². The number of carbonyl (C=O) groups excluding carboxylic acids is 1. The van der Waals surface area contributed by atoms with Crippen molar-refractivity contribution in [2.45, 2.75) is 6.54 Å². The van der Waals surface area contributed by atoms with E-state index in [1.807, 2.05) is 30.3 Å². The number of rotatable bonds is 7. The van der Waals surface area contributed by atoms with Gasteiger partial charge in [-0.1, -0.05) is 41.4 Å². The molecule has 9 heteroatoms. The molecule has 0 aliphatic heterocycles. The minimum atomic E-state index is -0.227. The van der Waals surface area contributed by atoms with E-state index in [4.69, 9.17) is 27.6 Å². The van der Waals surface area contributed by atoms with E-state index < -0.39 is 0 Å². The van der Waals surface area contributed by atoms with Crippen LogP contribution in [-0.4, -0.2) is 37.0 Å². The molecule has 3 N–H and O–H groups in total. The molecule has 30 heavy (non-hydrogen) atoms. The molecule has 7 nitrogen and oxygen atoms in total. The van der Waals surface area contributed by atoms with Crippen LogP contribution in [0.2, 0.25) is 10.0 Å². The molecular weight excluding hydrogens is 425 g/mol. The maximum Gasteiger partial charge on any atom is 0.251 e. The molecule has 156 valence electrons. The first-order valence-electron chi connectivity index (χ1n) is 9.24. The van der Waals surface area contributed by atoms with Gasteiger partial charge in [-0.2, -0.15) is 0 Å². The van der Waals surface area contributed by atoms with E-state index >= 15 is 0 Å². The van der Waals surface area contributed by atoms with Crippen LogP contribution in [0.3, 0.4) is 0 Å². The van der Waals surface area contributed by atoms with E-state index in [1.54, 1.807) is 25.4 Å². The smallest absolute Gasteiger partial charge is 0.251 e. The van der Waals surface area contributed by atoms with Gasteiger partial charge in [0.25, 0.3) is 5.91 Å². The molecule has 0 aliphatic carbocycles. The minimum Gasteiger partial charge on any atom is -0.444 e. The predicted molar refractivity (Wildman–Crippen MR) is 119 cm³/mol. The van der Waals surface area contributed by atoms with Gasteiger partial charge in [0.2, 0.25) is 5.89 Å². The first kappa shape index (κ1) is 21.7. The van der Waals surface area contributed by atoms with Crippen LogP contribution in [0.4, 0.5) is 0 Å². The van der Waals surface area contributed by atoms with E-state index in [-0.39, 0.29) is 5.91 Å². The lowest BCUT2D eigenvalue weighted by atomic mass is 10.2. The number of aromatic nitrogens is 1. The van der Waals surface area contributed by atoms with Gasteiger partial charge in [-0.3, -0.25) is 9.79 Å². The average molecular weight is 446 g/mol. The number of amides is 1. The van der Waals surface area contributed by atoms with Gasteiger partial charge in [0.05, 0.1) is 22.3 Å². The maximum atomic E-state index is 12.1. The second kappa shape index (κ2) is 10.7. The monoisotopic (exact) mass is 445 g/mol. The average Bonchev–Trinajstić information content (AvgIpc) is 3.24. The van der Waals surface area contributed by atoms with Gasteiger partial charge in [-0.15, -0.1) is 0 Å². The van der Waals surface area contributed by atoms with Crippen LogP contribution in [-0.2, 0) is 6.54 Å². The molecule has 0 spiro atoms. The van der Waals surface area contributed by atoms with E-state index in [2.05, 4.69) is 25.9 Å². The van der Waals surface area contributed by atoms with Crippen molar-refractivity contribution in [3.8, 4) is 11.5 Å². The van der Waals surface area contributed by atoms with E-state index in [0.29, 0.717) is 47.1 Å². The summed E-state index contributed by atoms with van der Waals surface area (Å²) in [6.45, 7) is 1.34. The molecule has 1 heterocycles. The lowest BCUT2D eigenvalue weighted by molar-refractivity contribution is 0.0954. The van der Waals surface area contributed by atoms with Gasteiger partial charge < -0.3 is 20.4 Å². The SMILES string of the molecule is CN=C(NCCNC(=O)c1ccc(Cl)c(Cl)c1)NCc1coc(-c2ccccc2)n1. The highest BCUT2D eigenvalue weighted by molar-refractivity contribution is 6.42. The molecule has 0 radical (unpaired) electrons. The molecule has 0 saturated heterocycles. The lowest BCUT2D eigenvalue weighted by Crippen LogP contribution is -2.41. The number of nitrogens with zero attached hydrogens (tertiary/aromatic N) is 2. The van der Waals surface area contributed by atoms with Crippen LogP contribution < -0.4 is 16.0 Å². The van der Waals surface area contributed by atoms with Crippen molar-refractivity contribution in [2.75, 3.05) is 20.1 Å². The van der Waals surface area contributed by atoms with Crippen molar-refractivity contribution in [1.82, 2.24) is 20.9 Å². The number of aliphatic imine (C=N–C) groups is 1. The zero-order chi connectivity index (χ0) is 21.3. The Morgan fingerprint density at radius 2 is 1.80 bits per heavy atom. The molecule has 1 amide bonds. The third-order valence-electron chi connectivity index (χ3n) is 4.12. The fraction of sp³-hybridized carbons (Fsp3) is 0.190. The molecule has 0 fully saturated rings. The Morgan fingerprint density at radius 3 is 2.53 bits per heavy atom. The summed E-state index contributed by atoms with van der Waals surface area (Å²) in [7, 11) is 1.67. The third kappa shape index (κ3) is 5.98. The summed E-state index contributed by atoms with van der Waals surface area (Å²) in [4.78, 5) is 20.8. The second-order valence-corrected chi connectivity index (χ2v) is 7.06. The van der Waals surface area contributed by atoms with Crippen molar-refractivity contribution in [2.24, 2.45) is 4.99 Å². The summed E-state index contributed by atoms with van der Waals surface area (Å²) >= 11 is 11.8. The molecule has 0 unspecified atom stereocenters. The summed E-state index contributed by atoms with van der Waals surface area (Å²) in [6.07, 6.45) is 1.61. The Kier molecular flexibility index (Phi) is 7.70. The zero-order valence-electron chi connectivity index (χ0n) is 16.3. The fourth-order valence-corrected chi connectivity index (χ4v) is 2.89. The Bertz CT molecular complexity index is 1020. The van der Waals surface area contributed by atoms with E-state index in [1.165, 1.54) is 6.07 Å². The number of hydrogen-bond donors (Lipinski definition) is 3. The quantitative estimate of drug-likeness (QED) is 0.292. The Balaban J connectivity index is 1.41. The first-order chi connectivity index (χ1) is 14.6. The van der Waals surface area contributed by atoms with Gasteiger partial charge in [0.1, 0.15) is 6.26 Å².